The zero-order valence-electron chi connectivity index (χ0n) is 12.7. The number of hydrogen-bond acceptors (Lipinski definition) is 2. The molecule has 4 heteroatoms. The van der Waals surface area contributed by atoms with E-state index in [-0.39, 0.29) is 17.9 Å². The molecule has 0 radical (unpaired) electrons. The minimum atomic E-state index is -0.503. The summed E-state index contributed by atoms with van der Waals surface area (Å²) in [6.45, 7) is 4.13. The van der Waals surface area contributed by atoms with Crippen LogP contribution in [0.25, 0.3) is 0 Å². The molecule has 1 atom stereocenters. The smallest absolute Gasteiger partial charge is 0.251 e. The Morgan fingerprint density at radius 2 is 1.45 bits per heavy atom. The fourth-order valence-electron chi connectivity index (χ4n) is 2.31. The average Bonchev–Trinajstić information content (AvgIpc) is 2.53. The quantitative estimate of drug-likeness (QED) is 0.890. The van der Waals surface area contributed by atoms with E-state index in [2.05, 4.69) is 19.2 Å². The first-order valence-electron chi connectivity index (χ1n) is 7.24. The van der Waals surface area contributed by atoms with Crippen LogP contribution in [0.1, 0.15) is 46.2 Å². The number of benzene rings is 2. The van der Waals surface area contributed by atoms with Gasteiger partial charge in [-0.1, -0.05) is 44.2 Å². The number of carbonyl (C=O) groups excluding carboxylic acids is 2. The fraction of sp³-hybridized carbons (Fsp3) is 0.222. The van der Waals surface area contributed by atoms with Crippen molar-refractivity contribution in [1.29, 1.82) is 0 Å². The molecule has 0 heterocycles. The number of primary amides is 1. The van der Waals surface area contributed by atoms with Gasteiger partial charge in [0.15, 0.2) is 0 Å². The van der Waals surface area contributed by atoms with Gasteiger partial charge in [0.05, 0.1) is 6.04 Å². The lowest BCUT2D eigenvalue weighted by atomic mass is 9.95. The minimum Gasteiger partial charge on any atom is -0.366 e. The van der Waals surface area contributed by atoms with E-state index < -0.39 is 5.91 Å². The first kappa shape index (κ1) is 15.8. The third-order valence-corrected chi connectivity index (χ3v) is 3.54. The second-order valence-electron chi connectivity index (χ2n) is 5.55. The first-order chi connectivity index (χ1) is 10.5. The van der Waals surface area contributed by atoms with Gasteiger partial charge in [-0.2, -0.15) is 0 Å². The maximum Gasteiger partial charge on any atom is 0.251 e. The SMILES string of the molecule is CC(C)[C@H](NC(=O)c1ccc(C(N)=O)cc1)c1ccccc1. The van der Waals surface area contributed by atoms with Crippen LogP contribution in [0.4, 0.5) is 0 Å². The molecule has 3 N–H and O–H groups in total. The summed E-state index contributed by atoms with van der Waals surface area (Å²) in [4.78, 5) is 23.4. The molecule has 4 nitrogen and oxygen atoms in total. The van der Waals surface area contributed by atoms with Gasteiger partial charge in [-0.05, 0) is 35.7 Å². The first-order valence-corrected chi connectivity index (χ1v) is 7.24. The van der Waals surface area contributed by atoms with E-state index >= 15 is 0 Å². The molecule has 0 spiro atoms. The molecule has 2 amide bonds. The van der Waals surface area contributed by atoms with Crippen molar-refractivity contribution in [2.75, 3.05) is 0 Å². The van der Waals surface area contributed by atoms with Gasteiger partial charge in [0.2, 0.25) is 5.91 Å². The summed E-state index contributed by atoms with van der Waals surface area (Å²) in [6.07, 6.45) is 0. The van der Waals surface area contributed by atoms with Crippen LogP contribution in [0.2, 0.25) is 0 Å². The lowest BCUT2D eigenvalue weighted by Gasteiger charge is -2.23. The summed E-state index contributed by atoms with van der Waals surface area (Å²) in [7, 11) is 0. The number of carbonyl (C=O) groups is 2. The van der Waals surface area contributed by atoms with Crippen molar-refractivity contribution >= 4 is 11.8 Å². The molecular formula is C18H20N2O2. The van der Waals surface area contributed by atoms with E-state index in [0.29, 0.717) is 11.1 Å². The Bertz CT molecular complexity index is 649. The lowest BCUT2D eigenvalue weighted by molar-refractivity contribution is 0.0924. The van der Waals surface area contributed by atoms with E-state index in [1.54, 1.807) is 24.3 Å². The number of nitrogens with one attached hydrogen (secondary N) is 1. The number of hydrogen-bond donors (Lipinski definition) is 2. The average molecular weight is 296 g/mol. The van der Waals surface area contributed by atoms with Crippen LogP contribution in [0.5, 0.6) is 0 Å². The molecule has 0 saturated carbocycles. The molecule has 0 unspecified atom stereocenters. The Morgan fingerprint density at radius 1 is 0.909 bits per heavy atom. The normalized spacial score (nSPS) is 12.0. The number of rotatable bonds is 5. The van der Waals surface area contributed by atoms with Crippen LogP contribution in [0.3, 0.4) is 0 Å². The predicted octanol–water partition coefficient (Wildman–Crippen LogP) is 2.91. The highest BCUT2D eigenvalue weighted by Crippen LogP contribution is 2.21. The van der Waals surface area contributed by atoms with Crippen molar-refractivity contribution in [2.45, 2.75) is 19.9 Å². The highest BCUT2D eigenvalue weighted by atomic mass is 16.2. The second-order valence-corrected chi connectivity index (χ2v) is 5.55. The van der Waals surface area contributed by atoms with Crippen molar-refractivity contribution in [1.82, 2.24) is 5.32 Å². The maximum atomic E-state index is 12.4. The standard InChI is InChI=1S/C18H20N2O2/c1-12(2)16(13-6-4-3-5-7-13)20-18(22)15-10-8-14(9-11-15)17(19)21/h3-12,16H,1-2H3,(H2,19,21)(H,20,22)/t16-/m0/s1. The maximum absolute atomic E-state index is 12.4. The van der Waals surface area contributed by atoms with Crippen molar-refractivity contribution in [3.05, 3.63) is 71.3 Å². The van der Waals surface area contributed by atoms with E-state index in [9.17, 15) is 9.59 Å². The second kappa shape index (κ2) is 6.89. The number of amides is 2. The largest absolute Gasteiger partial charge is 0.366 e. The van der Waals surface area contributed by atoms with Crippen molar-refractivity contribution < 1.29 is 9.59 Å². The number of nitrogens with two attached hydrogens (primary N) is 1. The highest BCUT2D eigenvalue weighted by molar-refractivity contribution is 5.97. The zero-order valence-corrected chi connectivity index (χ0v) is 12.7. The summed E-state index contributed by atoms with van der Waals surface area (Å²) in [5.41, 5.74) is 7.16. The molecule has 0 aliphatic rings. The Hall–Kier alpha value is -2.62. The monoisotopic (exact) mass is 296 g/mol. The van der Waals surface area contributed by atoms with Crippen LogP contribution in [0, 0.1) is 5.92 Å². The highest BCUT2D eigenvalue weighted by Gasteiger charge is 2.19. The summed E-state index contributed by atoms with van der Waals surface area (Å²) in [6, 6.07) is 16.1. The Morgan fingerprint density at radius 3 is 1.95 bits per heavy atom. The molecule has 0 aliphatic carbocycles. The van der Waals surface area contributed by atoms with Gasteiger partial charge in [0.1, 0.15) is 0 Å². The predicted molar refractivity (Wildman–Crippen MR) is 86.4 cm³/mol. The topological polar surface area (TPSA) is 72.2 Å². The molecule has 0 aromatic heterocycles. The Labute approximate surface area is 130 Å². The van der Waals surface area contributed by atoms with Crippen molar-refractivity contribution in [3.8, 4) is 0 Å². The Balaban J connectivity index is 2.16. The lowest BCUT2D eigenvalue weighted by Crippen LogP contribution is -2.31. The van der Waals surface area contributed by atoms with Gasteiger partial charge in [-0.15, -0.1) is 0 Å². The molecule has 22 heavy (non-hydrogen) atoms. The molecule has 2 aromatic rings. The zero-order chi connectivity index (χ0) is 16.1. The molecule has 2 rings (SSSR count). The van der Waals surface area contributed by atoms with Crippen LogP contribution in [-0.4, -0.2) is 11.8 Å². The van der Waals surface area contributed by atoms with Gasteiger partial charge < -0.3 is 11.1 Å². The third kappa shape index (κ3) is 3.73. The Kier molecular flexibility index (Phi) is 4.94. The van der Waals surface area contributed by atoms with Crippen molar-refractivity contribution in [3.63, 3.8) is 0 Å². The van der Waals surface area contributed by atoms with Crippen LogP contribution < -0.4 is 11.1 Å². The van der Waals surface area contributed by atoms with E-state index in [0.717, 1.165) is 5.56 Å². The molecule has 114 valence electrons. The summed E-state index contributed by atoms with van der Waals surface area (Å²) >= 11 is 0. The fourth-order valence-corrected chi connectivity index (χ4v) is 2.31. The van der Waals surface area contributed by atoms with Crippen LogP contribution >= 0.6 is 0 Å². The van der Waals surface area contributed by atoms with E-state index in [1.807, 2.05) is 30.3 Å². The molecular weight excluding hydrogens is 276 g/mol. The molecule has 0 fully saturated rings. The molecule has 0 aliphatic heterocycles. The van der Waals surface area contributed by atoms with Crippen LogP contribution in [-0.2, 0) is 0 Å². The molecule has 0 bridgehead atoms. The minimum absolute atomic E-state index is 0.0653. The summed E-state index contributed by atoms with van der Waals surface area (Å²) in [5.74, 6) is -0.411. The van der Waals surface area contributed by atoms with Gasteiger partial charge in [-0.25, -0.2) is 0 Å². The van der Waals surface area contributed by atoms with Gasteiger partial charge in [0.25, 0.3) is 5.91 Å². The van der Waals surface area contributed by atoms with Crippen LogP contribution in [0.15, 0.2) is 54.6 Å². The summed E-state index contributed by atoms with van der Waals surface area (Å²) in [5, 5.41) is 3.04. The molecule has 2 aromatic carbocycles. The van der Waals surface area contributed by atoms with Crippen molar-refractivity contribution in [2.24, 2.45) is 11.7 Å². The van der Waals surface area contributed by atoms with E-state index in [4.69, 9.17) is 5.73 Å². The van der Waals surface area contributed by atoms with Gasteiger partial charge in [-0.3, -0.25) is 9.59 Å². The van der Waals surface area contributed by atoms with Gasteiger partial charge >= 0.3 is 0 Å². The summed E-state index contributed by atoms with van der Waals surface area (Å²) < 4.78 is 0. The molecule has 0 saturated heterocycles. The van der Waals surface area contributed by atoms with E-state index in [1.165, 1.54) is 0 Å². The van der Waals surface area contributed by atoms with Gasteiger partial charge in [0, 0.05) is 11.1 Å². The third-order valence-electron chi connectivity index (χ3n) is 3.54.